The van der Waals surface area contributed by atoms with Crippen LogP contribution in [0.25, 0.3) is 5.57 Å². The molecular weight excluding hydrogens is 256 g/mol. The van der Waals surface area contributed by atoms with Crippen LogP contribution in [-0.4, -0.2) is 5.54 Å². The predicted molar refractivity (Wildman–Crippen MR) is 86.2 cm³/mol. The lowest BCUT2D eigenvalue weighted by atomic mass is 9.70. The standard InChI is InChI=1S/C16H22N2.ClH/c1-15(2,3)16(18)10-8-13(9-11-16)12-4-6-14(17)7-5-12;/h4-10H,11,17-18H2,1-3H3;1H. The van der Waals surface area contributed by atoms with E-state index < -0.39 is 0 Å². The smallest absolute Gasteiger partial charge is 0.0426 e. The fourth-order valence-electron chi connectivity index (χ4n) is 2.10. The second kappa shape index (κ2) is 5.40. The molecule has 0 spiro atoms. The summed E-state index contributed by atoms with van der Waals surface area (Å²) in [5, 5.41) is 0. The van der Waals surface area contributed by atoms with E-state index in [0.29, 0.717) is 0 Å². The van der Waals surface area contributed by atoms with Gasteiger partial charge in [-0.05, 0) is 35.1 Å². The van der Waals surface area contributed by atoms with Crippen molar-refractivity contribution in [3.63, 3.8) is 0 Å². The Kier molecular flexibility index (Phi) is 4.49. The Labute approximate surface area is 122 Å². The Hall–Kier alpha value is -1.25. The number of nitrogen functional groups attached to an aromatic ring is 1. The Morgan fingerprint density at radius 3 is 2.11 bits per heavy atom. The Morgan fingerprint density at radius 2 is 1.68 bits per heavy atom. The number of anilines is 1. The molecule has 19 heavy (non-hydrogen) atoms. The van der Waals surface area contributed by atoms with Gasteiger partial charge in [0.25, 0.3) is 0 Å². The van der Waals surface area contributed by atoms with Crippen molar-refractivity contribution in [2.75, 3.05) is 5.73 Å². The average Bonchev–Trinajstić information content (AvgIpc) is 2.30. The van der Waals surface area contributed by atoms with E-state index in [9.17, 15) is 0 Å². The van der Waals surface area contributed by atoms with Crippen molar-refractivity contribution < 1.29 is 0 Å². The molecule has 0 heterocycles. The van der Waals surface area contributed by atoms with E-state index in [4.69, 9.17) is 11.5 Å². The van der Waals surface area contributed by atoms with E-state index in [1.165, 1.54) is 11.1 Å². The molecule has 1 aromatic carbocycles. The zero-order valence-electron chi connectivity index (χ0n) is 11.8. The summed E-state index contributed by atoms with van der Waals surface area (Å²) in [5.41, 5.74) is 15.2. The molecule has 0 fully saturated rings. The second-order valence-corrected chi connectivity index (χ2v) is 6.11. The van der Waals surface area contributed by atoms with Crippen molar-refractivity contribution in [3.05, 3.63) is 48.1 Å². The molecule has 1 unspecified atom stereocenters. The summed E-state index contributed by atoms with van der Waals surface area (Å²) >= 11 is 0. The number of hydrogen-bond acceptors (Lipinski definition) is 2. The van der Waals surface area contributed by atoms with Gasteiger partial charge in [-0.3, -0.25) is 0 Å². The average molecular weight is 279 g/mol. The molecule has 0 saturated carbocycles. The van der Waals surface area contributed by atoms with Gasteiger partial charge in [-0.15, -0.1) is 12.4 Å². The molecule has 0 amide bonds. The van der Waals surface area contributed by atoms with Gasteiger partial charge < -0.3 is 11.5 Å². The highest BCUT2D eigenvalue weighted by molar-refractivity contribution is 5.85. The van der Waals surface area contributed by atoms with Crippen LogP contribution >= 0.6 is 12.4 Å². The van der Waals surface area contributed by atoms with Crippen molar-refractivity contribution in [2.24, 2.45) is 11.1 Å². The third kappa shape index (κ3) is 3.20. The van der Waals surface area contributed by atoms with E-state index in [1.54, 1.807) is 0 Å². The molecule has 2 nitrogen and oxygen atoms in total. The molecule has 1 aromatic rings. The van der Waals surface area contributed by atoms with Crippen LogP contribution in [0.2, 0.25) is 0 Å². The first kappa shape index (κ1) is 15.8. The van der Waals surface area contributed by atoms with Gasteiger partial charge in [-0.25, -0.2) is 0 Å². The minimum absolute atomic E-state index is 0. The Bertz CT molecular complexity index is 494. The van der Waals surface area contributed by atoms with Crippen molar-refractivity contribution in [2.45, 2.75) is 32.7 Å². The highest BCUT2D eigenvalue weighted by atomic mass is 35.5. The van der Waals surface area contributed by atoms with Crippen LogP contribution in [0.15, 0.2) is 42.5 Å². The van der Waals surface area contributed by atoms with Gasteiger partial charge in [0.1, 0.15) is 0 Å². The van der Waals surface area contributed by atoms with Crippen molar-refractivity contribution >= 4 is 23.7 Å². The summed E-state index contributed by atoms with van der Waals surface area (Å²) < 4.78 is 0. The van der Waals surface area contributed by atoms with Gasteiger partial charge in [-0.1, -0.05) is 51.1 Å². The first-order valence-corrected chi connectivity index (χ1v) is 6.36. The van der Waals surface area contributed by atoms with Crippen LogP contribution in [0, 0.1) is 5.41 Å². The van der Waals surface area contributed by atoms with Crippen LogP contribution in [0.4, 0.5) is 5.69 Å². The summed E-state index contributed by atoms with van der Waals surface area (Å²) in [6.07, 6.45) is 7.35. The maximum Gasteiger partial charge on any atom is 0.0426 e. The number of hydrogen-bond donors (Lipinski definition) is 2. The zero-order valence-corrected chi connectivity index (χ0v) is 12.6. The van der Waals surface area contributed by atoms with Crippen molar-refractivity contribution in [1.82, 2.24) is 0 Å². The van der Waals surface area contributed by atoms with Gasteiger partial charge in [0.05, 0.1) is 0 Å². The number of rotatable bonds is 1. The minimum Gasteiger partial charge on any atom is -0.399 e. The van der Waals surface area contributed by atoms with E-state index in [-0.39, 0.29) is 23.4 Å². The number of allylic oxidation sites excluding steroid dienone is 2. The molecule has 1 aliphatic carbocycles. The highest BCUT2D eigenvalue weighted by Crippen LogP contribution is 2.37. The molecule has 0 aromatic heterocycles. The van der Waals surface area contributed by atoms with Crippen LogP contribution < -0.4 is 11.5 Å². The quantitative estimate of drug-likeness (QED) is 0.768. The monoisotopic (exact) mass is 278 g/mol. The van der Waals surface area contributed by atoms with Gasteiger partial charge in [0.2, 0.25) is 0 Å². The zero-order chi connectivity index (χ0) is 13.4. The van der Waals surface area contributed by atoms with Gasteiger partial charge in [0.15, 0.2) is 0 Å². The van der Waals surface area contributed by atoms with Gasteiger partial charge >= 0.3 is 0 Å². The first-order valence-electron chi connectivity index (χ1n) is 6.36. The largest absolute Gasteiger partial charge is 0.399 e. The minimum atomic E-state index is -0.260. The third-order valence-corrected chi connectivity index (χ3v) is 3.86. The fourth-order valence-corrected chi connectivity index (χ4v) is 2.10. The fraction of sp³-hybridized carbons (Fsp3) is 0.375. The SMILES string of the molecule is CC(C)(C)C1(N)C=CC(c2ccc(N)cc2)=CC1.Cl. The summed E-state index contributed by atoms with van der Waals surface area (Å²) in [6, 6.07) is 7.95. The maximum absolute atomic E-state index is 6.45. The molecule has 0 bridgehead atoms. The Morgan fingerprint density at radius 1 is 1.11 bits per heavy atom. The lowest BCUT2D eigenvalue weighted by Gasteiger charge is -2.40. The highest BCUT2D eigenvalue weighted by Gasteiger charge is 2.36. The topological polar surface area (TPSA) is 52.0 Å². The third-order valence-electron chi connectivity index (χ3n) is 3.86. The lowest BCUT2D eigenvalue weighted by molar-refractivity contribution is 0.242. The molecule has 1 atom stereocenters. The predicted octanol–water partition coefficient (Wildman–Crippen LogP) is 3.78. The van der Waals surface area contributed by atoms with Crippen LogP contribution in [-0.2, 0) is 0 Å². The van der Waals surface area contributed by atoms with Crippen LogP contribution in [0.5, 0.6) is 0 Å². The van der Waals surface area contributed by atoms with E-state index >= 15 is 0 Å². The first-order chi connectivity index (χ1) is 8.32. The molecule has 1 aliphatic rings. The van der Waals surface area contributed by atoms with Crippen molar-refractivity contribution in [3.8, 4) is 0 Å². The van der Waals surface area contributed by atoms with E-state index in [0.717, 1.165) is 12.1 Å². The van der Waals surface area contributed by atoms with Crippen LogP contribution in [0.1, 0.15) is 32.8 Å². The molecule has 4 N–H and O–H groups in total. The molecule has 0 radical (unpaired) electrons. The summed E-state index contributed by atoms with van der Waals surface area (Å²) in [7, 11) is 0. The van der Waals surface area contributed by atoms with Crippen LogP contribution in [0.3, 0.4) is 0 Å². The summed E-state index contributed by atoms with van der Waals surface area (Å²) in [4.78, 5) is 0. The lowest BCUT2D eigenvalue weighted by Crippen LogP contribution is -2.49. The molecule has 104 valence electrons. The van der Waals surface area contributed by atoms with Gasteiger partial charge in [0, 0.05) is 11.2 Å². The molecule has 2 rings (SSSR count). The maximum atomic E-state index is 6.45. The van der Waals surface area contributed by atoms with Gasteiger partial charge in [-0.2, -0.15) is 0 Å². The van der Waals surface area contributed by atoms with E-state index in [1.807, 2.05) is 24.3 Å². The Balaban J connectivity index is 0.00000180. The van der Waals surface area contributed by atoms with Crippen molar-refractivity contribution in [1.29, 1.82) is 0 Å². The number of benzene rings is 1. The van der Waals surface area contributed by atoms with E-state index in [2.05, 4.69) is 39.0 Å². The molecule has 3 heteroatoms. The number of nitrogens with two attached hydrogens (primary N) is 2. The summed E-state index contributed by atoms with van der Waals surface area (Å²) in [5.74, 6) is 0. The summed E-state index contributed by atoms with van der Waals surface area (Å²) in [6.45, 7) is 6.54. The molecule has 0 saturated heterocycles. The molecular formula is C16H23ClN2. The number of halogens is 1. The normalized spacial score (nSPS) is 22.6. The second-order valence-electron chi connectivity index (χ2n) is 6.11. The molecule has 0 aliphatic heterocycles.